The van der Waals surface area contributed by atoms with E-state index < -0.39 is 23.1 Å². The van der Waals surface area contributed by atoms with Gasteiger partial charge < -0.3 is 5.32 Å². The summed E-state index contributed by atoms with van der Waals surface area (Å²) in [7, 11) is 0. The minimum absolute atomic E-state index is 0.256. The topological polar surface area (TPSA) is 46.2 Å². The van der Waals surface area contributed by atoms with Crippen LogP contribution in [0.2, 0.25) is 0 Å². The highest BCUT2D eigenvalue weighted by atomic mass is 19.1. The fourth-order valence-electron chi connectivity index (χ4n) is 1.11. The molecule has 17 heavy (non-hydrogen) atoms. The smallest absolute Gasteiger partial charge is 0.255 e. The Morgan fingerprint density at radius 1 is 1.24 bits per heavy atom. The summed E-state index contributed by atoms with van der Waals surface area (Å²) >= 11 is 0. The first kappa shape index (κ1) is 13.3. The summed E-state index contributed by atoms with van der Waals surface area (Å²) < 4.78 is 25.9. The first-order chi connectivity index (χ1) is 7.74. The third kappa shape index (κ3) is 3.09. The molecule has 5 heteroatoms. The van der Waals surface area contributed by atoms with Crippen molar-refractivity contribution in [3.05, 3.63) is 35.4 Å². The van der Waals surface area contributed by atoms with Crippen LogP contribution in [0.15, 0.2) is 18.2 Å². The SMILES string of the molecule is CC(=O)C(C)(C)NC(=O)c1ccc(F)cc1F. The molecule has 0 aliphatic carbocycles. The minimum Gasteiger partial charge on any atom is -0.340 e. The maximum absolute atomic E-state index is 13.3. The fraction of sp³-hybridized carbons (Fsp3) is 0.333. The standard InChI is InChI=1S/C12H13F2NO2/c1-7(16)12(2,3)15-11(17)9-5-4-8(13)6-10(9)14/h4-6H,1-3H3,(H,15,17). The van der Waals surface area contributed by atoms with E-state index in [1.165, 1.54) is 20.8 Å². The number of rotatable bonds is 3. The summed E-state index contributed by atoms with van der Waals surface area (Å²) in [5.41, 5.74) is -1.38. The van der Waals surface area contributed by atoms with Crippen molar-refractivity contribution in [2.45, 2.75) is 26.3 Å². The average Bonchev–Trinajstić information content (AvgIpc) is 2.15. The molecule has 0 spiro atoms. The molecule has 0 saturated heterocycles. The molecule has 1 amide bonds. The maximum atomic E-state index is 13.3. The molecule has 0 atom stereocenters. The Bertz CT molecular complexity index is 470. The van der Waals surface area contributed by atoms with Crippen LogP contribution in [0.25, 0.3) is 0 Å². The van der Waals surface area contributed by atoms with Gasteiger partial charge in [-0.25, -0.2) is 8.78 Å². The molecule has 3 nitrogen and oxygen atoms in total. The van der Waals surface area contributed by atoms with E-state index in [1.54, 1.807) is 0 Å². The van der Waals surface area contributed by atoms with Crippen LogP contribution in [0, 0.1) is 11.6 Å². The lowest BCUT2D eigenvalue weighted by Crippen LogP contribution is -2.48. The summed E-state index contributed by atoms with van der Waals surface area (Å²) in [6.07, 6.45) is 0. The molecule has 92 valence electrons. The number of halogens is 2. The van der Waals surface area contributed by atoms with Crippen LogP contribution in [-0.2, 0) is 4.79 Å². The first-order valence-electron chi connectivity index (χ1n) is 5.02. The highest BCUT2D eigenvalue weighted by molar-refractivity contribution is 5.99. The van der Waals surface area contributed by atoms with Crippen LogP contribution < -0.4 is 5.32 Å². The molecular weight excluding hydrogens is 228 g/mol. The Balaban J connectivity index is 2.95. The average molecular weight is 241 g/mol. The number of carbonyl (C=O) groups excluding carboxylic acids is 2. The highest BCUT2D eigenvalue weighted by Crippen LogP contribution is 2.12. The lowest BCUT2D eigenvalue weighted by atomic mass is 10.00. The van der Waals surface area contributed by atoms with Gasteiger partial charge in [0, 0.05) is 6.07 Å². The zero-order valence-corrected chi connectivity index (χ0v) is 9.80. The number of benzene rings is 1. The van der Waals surface area contributed by atoms with Gasteiger partial charge in [0.1, 0.15) is 11.6 Å². The van der Waals surface area contributed by atoms with Crippen LogP contribution in [-0.4, -0.2) is 17.2 Å². The molecular formula is C12H13F2NO2. The molecule has 0 aromatic heterocycles. The van der Waals surface area contributed by atoms with Gasteiger partial charge in [0.05, 0.1) is 11.1 Å². The van der Waals surface area contributed by atoms with E-state index in [0.717, 1.165) is 12.1 Å². The predicted octanol–water partition coefficient (Wildman–Crippen LogP) is 2.06. The molecule has 0 aliphatic rings. The van der Waals surface area contributed by atoms with E-state index in [1.807, 2.05) is 0 Å². The van der Waals surface area contributed by atoms with Crippen molar-refractivity contribution >= 4 is 11.7 Å². The van der Waals surface area contributed by atoms with Gasteiger partial charge in [-0.05, 0) is 32.9 Å². The molecule has 0 radical (unpaired) electrons. The molecule has 0 heterocycles. The quantitative estimate of drug-likeness (QED) is 0.880. The van der Waals surface area contributed by atoms with Crippen molar-refractivity contribution in [3.8, 4) is 0 Å². The number of Topliss-reactive ketones (excluding diaryl/α,β-unsaturated/α-hetero) is 1. The van der Waals surface area contributed by atoms with Gasteiger partial charge in [0.25, 0.3) is 5.91 Å². The van der Waals surface area contributed by atoms with Crippen molar-refractivity contribution in [2.75, 3.05) is 0 Å². The third-order valence-corrected chi connectivity index (χ3v) is 2.48. The van der Waals surface area contributed by atoms with Crippen molar-refractivity contribution in [1.29, 1.82) is 0 Å². The maximum Gasteiger partial charge on any atom is 0.255 e. The second-order valence-corrected chi connectivity index (χ2v) is 4.26. The molecule has 0 aliphatic heterocycles. The number of hydrogen-bond acceptors (Lipinski definition) is 2. The Kier molecular flexibility index (Phi) is 3.60. The van der Waals surface area contributed by atoms with Crippen molar-refractivity contribution in [1.82, 2.24) is 5.32 Å². The van der Waals surface area contributed by atoms with Crippen molar-refractivity contribution in [2.24, 2.45) is 0 Å². The van der Waals surface area contributed by atoms with Gasteiger partial charge in [-0.2, -0.15) is 0 Å². The summed E-state index contributed by atoms with van der Waals surface area (Å²) in [6, 6.07) is 2.64. The lowest BCUT2D eigenvalue weighted by Gasteiger charge is -2.23. The fourth-order valence-corrected chi connectivity index (χ4v) is 1.11. The number of ketones is 1. The molecule has 0 saturated carbocycles. The third-order valence-electron chi connectivity index (χ3n) is 2.48. The van der Waals surface area contributed by atoms with Gasteiger partial charge in [-0.3, -0.25) is 9.59 Å². The van der Waals surface area contributed by atoms with E-state index in [4.69, 9.17) is 0 Å². The summed E-state index contributed by atoms with van der Waals surface area (Å²) in [6.45, 7) is 4.34. The van der Waals surface area contributed by atoms with Gasteiger partial charge in [-0.1, -0.05) is 0 Å². The highest BCUT2D eigenvalue weighted by Gasteiger charge is 2.27. The van der Waals surface area contributed by atoms with Crippen LogP contribution in [0.4, 0.5) is 8.78 Å². The zero-order valence-electron chi connectivity index (χ0n) is 9.80. The Morgan fingerprint density at radius 3 is 2.29 bits per heavy atom. The number of amides is 1. The lowest BCUT2D eigenvalue weighted by molar-refractivity contribution is -0.121. The summed E-state index contributed by atoms with van der Waals surface area (Å²) in [5.74, 6) is -2.72. The van der Waals surface area contributed by atoms with E-state index in [-0.39, 0.29) is 11.3 Å². The molecule has 0 unspecified atom stereocenters. The number of nitrogens with one attached hydrogen (secondary N) is 1. The zero-order chi connectivity index (χ0) is 13.2. The summed E-state index contributed by atoms with van der Waals surface area (Å²) in [5, 5.41) is 2.38. The molecule has 1 N–H and O–H groups in total. The van der Waals surface area contributed by atoms with Crippen LogP contribution >= 0.6 is 0 Å². The second-order valence-electron chi connectivity index (χ2n) is 4.26. The Labute approximate surface area is 97.8 Å². The second kappa shape index (κ2) is 4.61. The van der Waals surface area contributed by atoms with Gasteiger partial charge >= 0.3 is 0 Å². The van der Waals surface area contributed by atoms with Gasteiger partial charge in [-0.15, -0.1) is 0 Å². The number of hydrogen-bond donors (Lipinski definition) is 1. The van der Waals surface area contributed by atoms with E-state index in [9.17, 15) is 18.4 Å². The van der Waals surface area contributed by atoms with Crippen molar-refractivity contribution < 1.29 is 18.4 Å². The van der Waals surface area contributed by atoms with Gasteiger partial charge in [0.15, 0.2) is 5.78 Å². The predicted molar refractivity (Wildman–Crippen MR) is 58.6 cm³/mol. The van der Waals surface area contributed by atoms with E-state index >= 15 is 0 Å². The minimum atomic E-state index is -1.09. The Hall–Kier alpha value is -1.78. The van der Waals surface area contributed by atoms with E-state index in [2.05, 4.69) is 5.32 Å². The van der Waals surface area contributed by atoms with Crippen molar-refractivity contribution in [3.63, 3.8) is 0 Å². The molecule has 0 fully saturated rings. The molecule has 0 bridgehead atoms. The van der Waals surface area contributed by atoms with Crippen LogP contribution in [0.1, 0.15) is 31.1 Å². The largest absolute Gasteiger partial charge is 0.340 e. The Morgan fingerprint density at radius 2 is 1.82 bits per heavy atom. The molecule has 1 aromatic carbocycles. The normalized spacial score (nSPS) is 11.1. The monoisotopic (exact) mass is 241 g/mol. The van der Waals surface area contributed by atoms with E-state index in [0.29, 0.717) is 6.07 Å². The van der Waals surface area contributed by atoms with Crippen LogP contribution in [0.3, 0.4) is 0 Å². The molecule has 1 rings (SSSR count). The van der Waals surface area contributed by atoms with Crippen LogP contribution in [0.5, 0.6) is 0 Å². The number of carbonyl (C=O) groups is 2. The van der Waals surface area contributed by atoms with Gasteiger partial charge in [0.2, 0.25) is 0 Å². The first-order valence-corrected chi connectivity index (χ1v) is 5.02. The summed E-state index contributed by atoms with van der Waals surface area (Å²) in [4.78, 5) is 22.9. The molecule has 1 aromatic rings.